The Morgan fingerprint density at radius 3 is 2.50 bits per heavy atom. The van der Waals surface area contributed by atoms with Crippen LogP contribution in [-0.4, -0.2) is 20.6 Å². The van der Waals surface area contributed by atoms with Gasteiger partial charge >= 0.3 is 0 Å². The molecule has 4 nitrogen and oxygen atoms in total. The SMILES string of the molecule is CC(C)CC(C)(C)c1nnn[nH]1. The predicted octanol–water partition coefficient (Wildman–Crippen LogP) is 1.52. The molecule has 0 aliphatic heterocycles. The highest BCUT2D eigenvalue weighted by molar-refractivity contribution is 4.99. The highest BCUT2D eigenvalue weighted by atomic mass is 15.5. The zero-order valence-corrected chi connectivity index (χ0v) is 8.13. The summed E-state index contributed by atoms with van der Waals surface area (Å²) in [6.45, 7) is 8.70. The lowest BCUT2D eigenvalue weighted by Crippen LogP contribution is -2.21. The minimum Gasteiger partial charge on any atom is -0.242 e. The number of hydrogen-bond donors (Lipinski definition) is 1. The van der Waals surface area contributed by atoms with Gasteiger partial charge in [-0.3, -0.25) is 0 Å². The van der Waals surface area contributed by atoms with Gasteiger partial charge in [0.1, 0.15) is 0 Å². The summed E-state index contributed by atoms with van der Waals surface area (Å²) >= 11 is 0. The molecule has 1 N–H and O–H groups in total. The largest absolute Gasteiger partial charge is 0.242 e. The highest BCUT2D eigenvalue weighted by Gasteiger charge is 2.25. The fourth-order valence-corrected chi connectivity index (χ4v) is 1.56. The summed E-state index contributed by atoms with van der Waals surface area (Å²) in [4.78, 5) is 0. The van der Waals surface area contributed by atoms with E-state index in [1.54, 1.807) is 0 Å². The Morgan fingerprint density at radius 1 is 1.42 bits per heavy atom. The summed E-state index contributed by atoms with van der Waals surface area (Å²) in [5, 5.41) is 13.9. The van der Waals surface area contributed by atoms with Crippen LogP contribution in [0.3, 0.4) is 0 Å². The number of nitrogens with zero attached hydrogens (tertiary/aromatic N) is 3. The summed E-state index contributed by atoms with van der Waals surface area (Å²) in [5.74, 6) is 1.53. The Hall–Kier alpha value is -0.930. The maximum absolute atomic E-state index is 3.92. The molecule has 0 unspecified atom stereocenters. The van der Waals surface area contributed by atoms with Gasteiger partial charge < -0.3 is 0 Å². The van der Waals surface area contributed by atoms with E-state index >= 15 is 0 Å². The summed E-state index contributed by atoms with van der Waals surface area (Å²) in [5.41, 5.74) is 0.0532. The molecule has 1 aromatic rings. The molecule has 1 rings (SSSR count). The average Bonchev–Trinajstić information content (AvgIpc) is 2.32. The van der Waals surface area contributed by atoms with Crippen LogP contribution in [0.15, 0.2) is 0 Å². The molecule has 0 saturated carbocycles. The molecule has 1 aromatic heterocycles. The summed E-state index contributed by atoms with van der Waals surface area (Å²) in [7, 11) is 0. The van der Waals surface area contributed by atoms with E-state index in [0.717, 1.165) is 12.2 Å². The Balaban J connectivity index is 2.72. The number of aromatic nitrogens is 4. The van der Waals surface area contributed by atoms with Crippen molar-refractivity contribution in [1.82, 2.24) is 20.6 Å². The monoisotopic (exact) mass is 168 g/mol. The van der Waals surface area contributed by atoms with Gasteiger partial charge in [0.05, 0.1) is 0 Å². The maximum Gasteiger partial charge on any atom is 0.154 e. The van der Waals surface area contributed by atoms with Crippen LogP contribution >= 0.6 is 0 Å². The quantitative estimate of drug-likeness (QED) is 0.744. The lowest BCUT2D eigenvalue weighted by Gasteiger charge is -2.22. The van der Waals surface area contributed by atoms with Gasteiger partial charge in [0.15, 0.2) is 5.82 Å². The van der Waals surface area contributed by atoms with E-state index in [9.17, 15) is 0 Å². The van der Waals surface area contributed by atoms with Gasteiger partial charge in [0, 0.05) is 5.41 Å². The molecule has 0 aliphatic rings. The predicted molar refractivity (Wildman–Crippen MR) is 46.7 cm³/mol. The summed E-state index contributed by atoms with van der Waals surface area (Å²) < 4.78 is 0. The third kappa shape index (κ3) is 2.03. The molecule has 0 saturated heterocycles. The summed E-state index contributed by atoms with van der Waals surface area (Å²) in [6, 6.07) is 0. The van der Waals surface area contributed by atoms with Crippen LogP contribution in [0.2, 0.25) is 0 Å². The van der Waals surface area contributed by atoms with Gasteiger partial charge in [-0.25, -0.2) is 5.10 Å². The second kappa shape index (κ2) is 3.21. The first-order valence-corrected chi connectivity index (χ1v) is 4.26. The molecule has 68 valence electrons. The van der Waals surface area contributed by atoms with E-state index in [1.165, 1.54) is 0 Å². The van der Waals surface area contributed by atoms with Gasteiger partial charge in [-0.2, -0.15) is 0 Å². The third-order valence-corrected chi connectivity index (χ3v) is 1.90. The van der Waals surface area contributed by atoms with E-state index in [-0.39, 0.29) is 5.41 Å². The normalized spacial score (nSPS) is 12.4. The molecule has 0 fully saturated rings. The number of rotatable bonds is 3. The Kier molecular flexibility index (Phi) is 2.45. The minimum absolute atomic E-state index is 0.0532. The first-order valence-electron chi connectivity index (χ1n) is 4.26. The maximum atomic E-state index is 3.92. The standard InChI is InChI=1S/C8H16N4/c1-6(2)5-8(3,4)7-9-11-12-10-7/h6H,5H2,1-4H3,(H,9,10,11,12). The fraction of sp³-hybridized carbons (Fsp3) is 0.875. The van der Waals surface area contributed by atoms with Crippen LogP contribution < -0.4 is 0 Å². The molecule has 12 heavy (non-hydrogen) atoms. The number of aromatic amines is 1. The molecular weight excluding hydrogens is 152 g/mol. The van der Waals surface area contributed by atoms with Gasteiger partial charge in [-0.1, -0.05) is 27.7 Å². The van der Waals surface area contributed by atoms with E-state index in [2.05, 4.69) is 48.3 Å². The zero-order valence-electron chi connectivity index (χ0n) is 8.13. The van der Waals surface area contributed by atoms with Crippen molar-refractivity contribution in [2.75, 3.05) is 0 Å². The van der Waals surface area contributed by atoms with Crippen molar-refractivity contribution in [3.05, 3.63) is 5.82 Å². The molecule has 0 spiro atoms. The van der Waals surface area contributed by atoms with Crippen LogP contribution in [0, 0.1) is 5.92 Å². The topological polar surface area (TPSA) is 54.5 Å². The Morgan fingerprint density at radius 2 is 2.08 bits per heavy atom. The molecule has 0 amide bonds. The highest BCUT2D eigenvalue weighted by Crippen LogP contribution is 2.26. The van der Waals surface area contributed by atoms with Crippen LogP contribution in [0.25, 0.3) is 0 Å². The van der Waals surface area contributed by atoms with Crippen molar-refractivity contribution >= 4 is 0 Å². The Bertz CT molecular complexity index is 225. The van der Waals surface area contributed by atoms with Gasteiger partial charge in [0.2, 0.25) is 0 Å². The molecule has 0 aromatic carbocycles. The van der Waals surface area contributed by atoms with Crippen molar-refractivity contribution in [2.24, 2.45) is 5.92 Å². The third-order valence-electron chi connectivity index (χ3n) is 1.90. The summed E-state index contributed by atoms with van der Waals surface area (Å²) in [6.07, 6.45) is 1.09. The number of nitrogens with one attached hydrogen (secondary N) is 1. The van der Waals surface area contributed by atoms with Crippen molar-refractivity contribution in [3.63, 3.8) is 0 Å². The number of H-pyrrole nitrogens is 1. The lowest BCUT2D eigenvalue weighted by molar-refractivity contribution is 0.381. The minimum atomic E-state index is 0.0532. The van der Waals surface area contributed by atoms with E-state index in [0.29, 0.717) is 5.92 Å². The van der Waals surface area contributed by atoms with Crippen molar-refractivity contribution < 1.29 is 0 Å². The molecule has 0 aliphatic carbocycles. The van der Waals surface area contributed by atoms with E-state index in [1.807, 2.05) is 0 Å². The second-order valence-corrected chi connectivity index (χ2v) is 4.23. The fourth-order valence-electron chi connectivity index (χ4n) is 1.56. The van der Waals surface area contributed by atoms with Crippen LogP contribution in [0.5, 0.6) is 0 Å². The van der Waals surface area contributed by atoms with Crippen LogP contribution in [-0.2, 0) is 5.41 Å². The van der Waals surface area contributed by atoms with Crippen molar-refractivity contribution in [3.8, 4) is 0 Å². The smallest absolute Gasteiger partial charge is 0.154 e. The average molecular weight is 168 g/mol. The van der Waals surface area contributed by atoms with Crippen LogP contribution in [0.1, 0.15) is 39.9 Å². The van der Waals surface area contributed by atoms with Gasteiger partial charge in [-0.05, 0) is 22.8 Å². The first kappa shape index (κ1) is 9.16. The van der Waals surface area contributed by atoms with E-state index < -0.39 is 0 Å². The van der Waals surface area contributed by atoms with Crippen LogP contribution in [0.4, 0.5) is 0 Å². The first-order chi connectivity index (χ1) is 5.52. The number of tetrazole rings is 1. The molecule has 0 bridgehead atoms. The number of hydrogen-bond acceptors (Lipinski definition) is 3. The molecular formula is C8H16N4. The molecule has 4 heteroatoms. The van der Waals surface area contributed by atoms with Crippen molar-refractivity contribution in [1.29, 1.82) is 0 Å². The second-order valence-electron chi connectivity index (χ2n) is 4.23. The zero-order chi connectivity index (χ0) is 9.19. The van der Waals surface area contributed by atoms with E-state index in [4.69, 9.17) is 0 Å². The molecule has 1 heterocycles. The molecule has 0 radical (unpaired) electrons. The van der Waals surface area contributed by atoms with Gasteiger partial charge in [-0.15, -0.1) is 5.10 Å². The molecule has 0 atom stereocenters. The van der Waals surface area contributed by atoms with Crippen molar-refractivity contribution in [2.45, 2.75) is 39.5 Å². The van der Waals surface area contributed by atoms with Gasteiger partial charge in [0.25, 0.3) is 0 Å². The lowest BCUT2D eigenvalue weighted by atomic mass is 9.83. The Labute approximate surface area is 72.8 Å².